The number of benzene rings is 11. The molecule has 0 aliphatic carbocycles. The lowest BCUT2D eigenvalue weighted by atomic mass is 9.88. The van der Waals surface area contributed by atoms with Crippen LogP contribution in [-0.2, 0) is 0 Å². The maximum Gasteiger partial charge on any atom is 0.143 e. The van der Waals surface area contributed by atoms with E-state index < -0.39 is 0 Å². The summed E-state index contributed by atoms with van der Waals surface area (Å²) in [5.41, 5.74) is 8.94. The Bertz CT molecular complexity index is 3420. The molecule has 0 unspecified atom stereocenters. The van der Waals surface area contributed by atoms with Crippen LogP contribution in [0.1, 0.15) is 0 Å². The highest BCUT2D eigenvalue weighted by atomic mass is 16.3. The fourth-order valence-corrected chi connectivity index (χ4v) is 9.04. The molecule has 0 radical (unpaired) electrons. The molecular formula is C52H30O. The van der Waals surface area contributed by atoms with Gasteiger partial charge in [0.25, 0.3) is 0 Å². The first-order chi connectivity index (χ1) is 26.2. The monoisotopic (exact) mass is 670 g/mol. The highest BCUT2D eigenvalue weighted by molar-refractivity contribution is 6.25. The van der Waals surface area contributed by atoms with Crippen molar-refractivity contribution in [2.75, 3.05) is 0 Å². The quantitative estimate of drug-likeness (QED) is 0.171. The Morgan fingerprint density at radius 2 is 0.887 bits per heavy atom. The highest BCUT2D eigenvalue weighted by Crippen LogP contribution is 2.45. The topological polar surface area (TPSA) is 13.1 Å². The average molecular weight is 671 g/mol. The van der Waals surface area contributed by atoms with E-state index in [4.69, 9.17) is 4.42 Å². The molecule has 1 nitrogen and oxygen atoms in total. The molecule has 1 heteroatoms. The van der Waals surface area contributed by atoms with Gasteiger partial charge in [-0.3, -0.25) is 0 Å². The van der Waals surface area contributed by atoms with E-state index in [9.17, 15) is 0 Å². The van der Waals surface area contributed by atoms with Gasteiger partial charge in [-0.25, -0.2) is 0 Å². The molecule has 0 aliphatic heterocycles. The predicted molar refractivity (Wildman–Crippen MR) is 226 cm³/mol. The van der Waals surface area contributed by atoms with Gasteiger partial charge in [-0.1, -0.05) is 152 Å². The molecule has 0 saturated heterocycles. The average Bonchev–Trinajstić information content (AvgIpc) is 3.58. The Balaban J connectivity index is 1.09. The van der Waals surface area contributed by atoms with Gasteiger partial charge in [-0.15, -0.1) is 0 Å². The molecular weight excluding hydrogens is 641 g/mol. The summed E-state index contributed by atoms with van der Waals surface area (Å²) >= 11 is 0. The molecule has 12 rings (SSSR count). The standard InChI is InChI=1S/C52H30O/c1-2-9-37-30-49-46(26-36(37)8-1)48-29-39(28-47(52(48)53-49)45-27-38-10-3-4-13-40(38)42-14-5-6-15-43(42)45)31-16-18-32(19-17-31)41-24-22-35-21-20-33-11-7-12-34-23-25-44(41)51(35)50(33)34/h1-30H. The Morgan fingerprint density at radius 3 is 1.70 bits per heavy atom. The summed E-state index contributed by atoms with van der Waals surface area (Å²) in [6.45, 7) is 0. The summed E-state index contributed by atoms with van der Waals surface area (Å²) in [7, 11) is 0. The van der Waals surface area contributed by atoms with Crippen molar-refractivity contribution in [1.82, 2.24) is 0 Å². The van der Waals surface area contributed by atoms with Crippen molar-refractivity contribution < 1.29 is 4.42 Å². The molecule has 1 aromatic heterocycles. The summed E-state index contributed by atoms with van der Waals surface area (Å²) < 4.78 is 6.86. The van der Waals surface area contributed by atoms with Crippen LogP contribution in [0.25, 0.3) is 120 Å². The molecule has 244 valence electrons. The fraction of sp³-hybridized carbons (Fsp3) is 0. The minimum atomic E-state index is 0.909. The Labute approximate surface area is 305 Å². The van der Waals surface area contributed by atoms with Crippen LogP contribution >= 0.6 is 0 Å². The first kappa shape index (κ1) is 28.7. The largest absolute Gasteiger partial charge is 0.455 e. The van der Waals surface area contributed by atoms with Crippen molar-refractivity contribution in [3.63, 3.8) is 0 Å². The molecule has 12 aromatic rings. The van der Waals surface area contributed by atoms with Gasteiger partial charge in [-0.05, 0) is 123 Å². The van der Waals surface area contributed by atoms with Crippen LogP contribution < -0.4 is 0 Å². The molecule has 0 bridgehead atoms. The predicted octanol–water partition coefficient (Wildman–Crippen LogP) is 14.9. The van der Waals surface area contributed by atoms with E-state index >= 15 is 0 Å². The molecule has 0 fully saturated rings. The molecule has 0 spiro atoms. The van der Waals surface area contributed by atoms with Gasteiger partial charge in [0.15, 0.2) is 0 Å². The van der Waals surface area contributed by atoms with Crippen LogP contribution in [0, 0.1) is 0 Å². The second-order valence-electron chi connectivity index (χ2n) is 14.4. The molecule has 0 aliphatic rings. The fourth-order valence-electron chi connectivity index (χ4n) is 9.04. The van der Waals surface area contributed by atoms with Gasteiger partial charge in [0, 0.05) is 16.3 Å². The van der Waals surface area contributed by atoms with Gasteiger partial charge in [0.1, 0.15) is 11.2 Å². The molecule has 0 N–H and O–H groups in total. The van der Waals surface area contributed by atoms with Gasteiger partial charge < -0.3 is 4.42 Å². The summed E-state index contributed by atoms with van der Waals surface area (Å²) in [5, 5.41) is 17.5. The van der Waals surface area contributed by atoms with E-state index in [0.29, 0.717) is 0 Å². The lowest BCUT2D eigenvalue weighted by Crippen LogP contribution is -1.88. The highest BCUT2D eigenvalue weighted by Gasteiger charge is 2.19. The normalized spacial score (nSPS) is 12.2. The van der Waals surface area contributed by atoms with Crippen molar-refractivity contribution in [2.45, 2.75) is 0 Å². The summed E-state index contributed by atoms with van der Waals surface area (Å²) in [5.74, 6) is 0. The van der Waals surface area contributed by atoms with Crippen molar-refractivity contribution in [3.05, 3.63) is 182 Å². The first-order valence-electron chi connectivity index (χ1n) is 18.3. The van der Waals surface area contributed by atoms with E-state index in [-0.39, 0.29) is 0 Å². The number of hydrogen-bond acceptors (Lipinski definition) is 1. The maximum absolute atomic E-state index is 6.86. The van der Waals surface area contributed by atoms with Gasteiger partial charge in [0.05, 0.1) is 0 Å². The second kappa shape index (κ2) is 10.8. The van der Waals surface area contributed by atoms with Crippen LogP contribution in [0.4, 0.5) is 0 Å². The summed E-state index contributed by atoms with van der Waals surface area (Å²) in [4.78, 5) is 0. The van der Waals surface area contributed by atoms with Crippen molar-refractivity contribution >= 4 is 86.6 Å². The zero-order chi connectivity index (χ0) is 34.6. The molecule has 53 heavy (non-hydrogen) atoms. The van der Waals surface area contributed by atoms with Crippen molar-refractivity contribution in [2.24, 2.45) is 0 Å². The number of hydrogen-bond donors (Lipinski definition) is 0. The third kappa shape index (κ3) is 4.19. The van der Waals surface area contributed by atoms with E-state index in [0.717, 1.165) is 27.5 Å². The summed E-state index contributed by atoms with van der Waals surface area (Å²) in [6.07, 6.45) is 0. The Hall–Kier alpha value is -6.96. The minimum absolute atomic E-state index is 0.909. The molecule has 0 amide bonds. The van der Waals surface area contributed by atoms with E-state index in [1.165, 1.54) is 92.5 Å². The number of fused-ring (bicyclic) bond motifs is 7. The van der Waals surface area contributed by atoms with Gasteiger partial charge >= 0.3 is 0 Å². The minimum Gasteiger partial charge on any atom is -0.455 e. The zero-order valence-corrected chi connectivity index (χ0v) is 28.7. The van der Waals surface area contributed by atoms with Crippen LogP contribution in [0.2, 0.25) is 0 Å². The van der Waals surface area contributed by atoms with Crippen LogP contribution in [-0.4, -0.2) is 0 Å². The molecule has 11 aromatic carbocycles. The maximum atomic E-state index is 6.86. The molecule has 0 saturated carbocycles. The Morgan fingerprint density at radius 1 is 0.264 bits per heavy atom. The van der Waals surface area contributed by atoms with Crippen molar-refractivity contribution in [1.29, 1.82) is 0 Å². The van der Waals surface area contributed by atoms with E-state index in [1.54, 1.807) is 0 Å². The van der Waals surface area contributed by atoms with Gasteiger partial charge in [0.2, 0.25) is 0 Å². The first-order valence-corrected chi connectivity index (χ1v) is 18.3. The lowest BCUT2D eigenvalue weighted by molar-refractivity contribution is 0.670. The third-order valence-electron chi connectivity index (χ3n) is 11.6. The molecule has 1 heterocycles. The van der Waals surface area contributed by atoms with Crippen molar-refractivity contribution in [3.8, 4) is 33.4 Å². The van der Waals surface area contributed by atoms with E-state index in [2.05, 4.69) is 182 Å². The van der Waals surface area contributed by atoms with Crippen LogP contribution in [0.5, 0.6) is 0 Å². The Kier molecular flexibility index (Phi) is 5.84. The number of rotatable bonds is 3. The van der Waals surface area contributed by atoms with Crippen LogP contribution in [0.15, 0.2) is 186 Å². The van der Waals surface area contributed by atoms with Crippen LogP contribution in [0.3, 0.4) is 0 Å². The lowest BCUT2D eigenvalue weighted by Gasteiger charge is -2.15. The SMILES string of the molecule is c1ccc2cc3c(cc2c1)oc1c(-c2cc4ccccc4c4ccccc24)cc(-c2ccc(-c4ccc5ccc6cccc7ccc4c5c67)cc2)cc13. The molecule has 0 atom stereocenters. The second-order valence-corrected chi connectivity index (χ2v) is 14.4. The zero-order valence-electron chi connectivity index (χ0n) is 28.7. The smallest absolute Gasteiger partial charge is 0.143 e. The third-order valence-corrected chi connectivity index (χ3v) is 11.6. The summed E-state index contributed by atoms with van der Waals surface area (Å²) in [6, 6.07) is 66.9. The number of furan rings is 1. The van der Waals surface area contributed by atoms with Gasteiger partial charge in [-0.2, -0.15) is 0 Å². The van der Waals surface area contributed by atoms with E-state index in [1.807, 2.05) is 0 Å².